The van der Waals surface area contributed by atoms with Crippen LogP contribution in [0.5, 0.6) is 0 Å². The SMILES string of the molecule is O=C(Nc1ccn(Cc2ccc(Cl)cc2Cl)n1)C(F)(F)C(F)(F)C(F)(F)F. The number of anilines is 1. The molecule has 1 heterocycles. The Morgan fingerprint density at radius 2 is 1.70 bits per heavy atom. The summed E-state index contributed by atoms with van der Waals surface area (Å²) in [4.78, 5) is 11.3. The van der Waals surface area contributed by atoms with E-state index in [-0.39, 0.29) is 11.6 Å². The zero-order valence-corrected chi connectivity index (χ0v) is 14.3. The number of aromatic nitrogens is 2. The molecule has 0 bridgehead atoms. The average molecular weight is 438 g/mol. The summed E-state index contributed by atoms with van der Waals surface area (Å²) in [6.07, 6.45) is -5.45. The van der Waals surface area contributed by atoms with Crippen LogP contribution in [0.2, 0.25) is 10.0 Å². The first-order chi connectivity index (χ1) is 12.3. The molecule has 0 spiro atoms. The average Bonchev–Trinajstić information content (AvgIpc) is 2.96. The molecule has 1 aromatic carbocycles. The van der Waals surface area contributed by atoms with Gasteiger partial charge in [-0.05, 0) is 17.7 Å². The maximum Gasteiger partial charge on any atom is 0.460 e. The van der Waals surface area contributed by atoms with Crippen molar-refractivity contribution in [3.8, 4) is 0 Å². The highest BCUT2D eigenvalue weighted by atomic mass is 35.5. The fourth-order valence-electron chi connectivity index (χ4n) is 1.86. The molecule has 1 N–H and O–H groups in total. The van der Waals surface area contributed by atoms with E-state index in [0.29, 0.717) is 10.6 Å². The number of halogens is 9. The smallest absolute Gasteiger partial charge is 0.304 e. The molecule has 0 fully saturated rings. The van der Waals surface area contributed by atoms with Crippen LogP contribution < -0.4 is 5.32 Å². The largest absolute Gasteiger partial charge is 0.460 e. The molecule has 0 saturated heterocycles. The Bertz CT molecular complexity index is 851. The number of carbonyl (C=O) groups excluding carboxylic acids is 1. The number of rotatable bonds is 5. The van der Waals surface area contributed by atoms with Gasteiger partial charge in [-0.15, -0.1) is 0 Å². The van der Waals surface area contributed by atoms with Gasteiger partial charge in [0.2, 0.25) is 0 Å². The third kappa shape index (κ3) is 4.29. The quantitative estimate of drug-likeness (QED) is 0.668. The van der Waals surface area contributed by atoms with Crippen molar-refractivity contribution in [1.82, 2.24) is 9.78 Å². The fraction of sp³-hybridized carbons (Fsp3) is 0.286. The van der Waals surface area contributed by atoms with Gasteiger partial charge in [0.15, 0.2) is 5.82 Å². The van der Waals surface area contributed by atoms with Crippen LogP contribution in [-0.2, 0) is 11.3 Å². The minimum Gasteiger partial charge on any atom is -0.304 e. The van der Waals surface area contributed by atoms with E-state index in [0.717, 1.165) is 10.7 Å². The first-order valence-electron chi connectivity index (χ1n) is 6.87. The summed E-state index contributed by atoms with van der Waals surface area (Å²) >= 11 is 11.7. The molecular weight excluding hydrogens is 430 g/mol. The molecule has 0 aliphatic heterocycles. The van der Waals surface area contributed by atoms with E-state index in [1.54, 1.807) is 0 Å². The minimum absolute atomic E-state index is 0.0129. The fourth-order valence-corrected chi connectivity index (χ4v) is 2.32. The van der Waals surface area contributed by atoms with Crippen molar-refractivity contribution in [2.24, 2.45) is 0 Å². The number of nitrogens with one attached hydrogen (secondary N) is 1. The summed E-state index contributed by atoms with van der Waals surface area (Å²) in [6.45, 7) is -0.0129. The van der Waals surface area contributed by atoms with Crippen LogP contribution in [0, 0.1) is 0 Å². The maximum absolute atomic E-state index is 13.3. The highest BCUT2D eigenvalue weighted by Gasteiger charge is 2.76. The van der Waals surface area contributed by atoms with Crippen LogP contribution in [0.1, 0.15) is 5.56 Å². The van der Waals surface area contributed by atoms with Gasteiger partial charge >= 0.3 is 23.9 Å². The number of alkyl halides is 7. The summed E-state index contributed by atoms with van der Waals surface area (Å²) in [7, 11) is 0. The number of hydrogen-bond acceptors (Lipinski definition) is 2. The molecule has 0 saturated carbocycles. The lowest BCUT2D eigenvalue weighted by Gasteiger charge is -2.26. The predicted molar refractivity (Wildman–Crippen MR) is 82.4 cm³/mol. The Labute approximate surface area is 156 Å². The Morgan fingerprint density at radius 1 is 1.07 bits per heavy atom. The third-order valence-corrected chi connectivity index (χ3v) is 3.85. The molecule has 13 heteroatoms. The van der Waals surface area contributed by atoms with Crippen LogP contribution in [-0.4, -0.2) is 33.7 Å². The molecule has 148 valence electrons. The molecule has 0 aliphatic carbocycles. The van der Waals surface area contributed by atoms with Gasteiger partial charge in [-0.2, -0.15) is 35.8 Å². The number of benzene rings is 1. The number of amides is 1. The lowest BCUT2D eigenvalue weighted by molar-refractivity contribution is -0.343. The second-order valence-electron chi connectivity index (χ2n) is 5.23. The van der Waals surface area contributed by atoms with E-state index >= 15 is 0 Å². The Kier molecular flexibility index (Phi) is 5.67. The van der Waals surface area contributed by atoms with Crippen LogP contribution in [0.25, 0.3) is 0 Å². The Morgan fingerprint density at radius 3 is 2.26 bits per heavy atom. The second-order valence-corrected chi connectivity index (χ2v) is 6.08. The molecule has 0 atom stereocenters. The van der Waals surface area contributed by atoms with E-state index < -0.39 is 29.7 Å². The van der Waals surface area contributed by atoms with Crippen molar-refractivity contribution in [3.05, 3.63) is 46.1 Å². The molecular formula is C14H8Cl2F7N3O. The highest BCUT2D eigenvalue weighted by molar-refractivity contribution is 6.35. The predicted octanol–water partition coefficient (Wildman–Crippen LogP) is 5.01. The first-order valence-corrected chi connectivity index (χ1v) is 7.62. The summed E-state index contributed by atoms with van der Waals surface area (Å²) in [5.41, 5.74) is 0.496. The second kappa shape index (κ2) is 7.19. The highest BCUT2D eigenvalue weighted by Crippen LogP contribution is 2.46. The van der Waals surface area contributed by atoms with Crippen LogP contribution in [0.3, 0.4) is 0 Å². The monoisotopic (exact) mass is 437 g/mol. The standard InChI is InChI=1S/C14H8Cl2F7N3O/c15-8-2-1-7(9(16)5-8)6-26-4-3-10(25-26)24-11(27)12(17,18)13(19,20)14(21,22)23/h1-5H,6H2,(H,24,25,27). The summed E-state index contributed by atoms with van der Waals surface area (Å²) in [5, 5.41) is 5.44. The minimum atomic E-state index is -6.61. The van der Waals surface area contributed by atoms with E-state index in [2.05, 4.69) is 5.10 Å². The maximum atomic E-state index is 13.3. The molecule has 4 nitrogen and oxygen atoms in total. The van der Waals surface area contributed by atoms with Gasteiger partial charge in [-0.25, -0.2) is 0 Å². The van der Waals surface area contributed by atoms with Gasteiger partial charge in [0, 0.05) is 22.3 Å². The van der Waals surface area contributed by atoms with Crippen molar-refractivity contribution < 1.29 is 35.5 Å². The number of nitrogens with zero attached hydrogens (tertiary/aromatic N) is 2. The lowest BCUT2D eigenvalue weighted by Crippen LogP contribution is -2.57. The summed E-state index contributed by atoms with van der Waals surface area (Å²) in [6, 6.07) is 5.39. The number of hydrogen-bond donors (Lipinski definition) is 1. The normalized spacial score (nSPS) is 12.9. The molecule has 0 radical (unpaired) electrons. The van der Waals surface area contributed by atoms with Gasteiger partial charge in [0.05, 0.1) is 6.54 Å². The third-order valence-electron chi connectivity index (χ3n) is 3.27. The van der Waals surface area contributed by atoms with E-state index in [9.17, 15) is 35.5 Å². The van der Waals surface area contributed by atoms with E-state index in [1.165, 1.54) is 29.7 Å². The van der Waals surface area contributed by atoms with Crippen LogP contribution >= 0.6 is 23.2 Å². The van der Waals surface area contributed by atoms with Crippen LogP contribution in [0.15, 0.2) is 30.5 Å². The molecule has 2 rings (SSSR count). The van der Waals surface area contributed by atoms with Crippen molar-refractivity contribution >= 4 is 34.9 Å². The van der Waals surface area contributed by atoms with Crippen molar-refractivity contribution in [3.63, 3.8) is 0 Å². The van der Waals surface area contributed by atoms with E-state index in [4.69, 9.17) is 23.2 Å². The van der Waals surface area contributed by atoms with Crippen molar-refractivity contribution in [2.45, 2.75) is 24.6 Å². The van der Waals surface area contributed by atoms with Crippen molar-refractivity contribution in [2.75, 3.05) is 5.32 Å². The van der Waals surface area contributed by atoms with Crippen LogP contribution in [0.4, 0.5) is 36.6 Å². The van der Waals surface area contributed by atoms with E-state index in [1.807, 2.05) is 0 Å². The first kappa shape index (κ1) is 21.3. The zero-order chi connectivity index (χ0) is 20.6. The van der Waals surface area contributed by atoms with Gasteiger partial charge in [-0.3, -0.25) is 9.48 Å². The van der Waals surface area contributed by atoms with Gasteiger partial charge in [0.1, 0.15) is 0 Å². The van der Waals surface area contributed by atoms with Gasteiger partial charge < -0.3 is 5.32 Å². The lowest BCUT2D eigenvalue weighted by atomic mass is 10.1. The summed E-state index contributed by atoms with van der Waals surface area (Å²) < 4.78 is 89.6. The molecule has 0 unspecified atom stereocenters. The molecule has 27 heavy (non-hydrogen) atoms. The summed E-state index contributed by atoms with van der Waals surface area (Å²) in [5.74, 6) is -16.1. The molecule has 0 aliphatic rings. The van der Waals surface area contributed by atoms with Gasteiger partial charge in [-0.1, -0.05) is 29.3 Å². The molecule has 1 aromatic heterocycles. The Hall–Kier alpha value is -2.01. The zero-order valence-electron chi connectivity index (χ0n) is 12.8. The molecule has 2 aromatic rings. The topological polar surface area (TPSA) is 46.9 Å². The number of carbonyl (C=O) groups is 1. The van der Waals surface area contributed by atoms with Crippen molar-refractivity contribution in [1.29, 1.82) is 0 Å². The Balaban J connectivity index is 2.14. The van der Waals surface area contributed by atoms with Gasteiger partial charge in [0.25, 0.3) is 0 Å². The molecule has 1 amide bonds.